The molecule has 0 fully saturated rings. The highest BCUT2D eigenvalue weighted by Gasteiger charge is 2.19. The van der Waals surface area contributed by atoms with Gasteiger partial charge >= 0.3 is 17.9 Å². The van der Waals surface area contributed by atoms with Gasteiger partial charge in [0.05, 0.1) is 0 Å². The molecule has 6 heteroatoms. The zero-order valence-electron chi connectivity index (χ0n) is 49.3. The van der Waals surface area contributed by atoms with Gasteiger partial charge in [0.2, 0.25) is 0 Å². The normalized spacial score (nSPS) is 12.7. The Morgan fingerprint density at radius 2 is 0.520 bits per heavy atom. The average Bonchev–Trinajstić information content (AvgIpc) is 3.41. The van der Waals surface area contributed by atoms with Crippen molar-refractivity contribution in [3.8, 4) is 0 Å². The summed E-state index contributed by atoms with van der Waals surface area (Å²) in [7, 11) is 0. The van der Waals surface area contributed by atoms with Crippen molar-refractivity contribution in [3.63, 3.8) is 0 Å². The second kappa shape index (κ2) is 62.9. The minimum Gasteiger partial charge on any atom is -0.462 e. The van der Waals surface area contributed by atoms with Gasteiger partial charge in [0.1, 0.15) is 13.2 Å². The Bertz CT molecular complexity index is 1480. The van der Waals surface area contributed by atoms with Crippen molar-refractivity contribution in [2.45, 2.75) is 309 Å². The topological polar surface area (TPSA) is 78.9 Å². The molecule has 0 aromatic rings. The van der Waals surface area contributed by atoms with Gasteiger partial charge in [0, 0.05) is 19.3 Å². The Hall–Kier alpha value is -3.67. The van der Waals surface area contributed by atoms with Crippen molar-refractivity contribution in [1.29, 1.82) is 0 Å². The van der Waals surface area contributed by atoms with E-state index in [1.165, 1.54) is 141 Å². The lowest BCUT2D eigenvalue weighted by Crippen LogP contribution is -2.30. The number of ether oxygens (including phenoxy) is 3. The lowest BCUT2D eigenvalue weighted by Gasteiger charge is -2.18. The van der Waals surface area contributed by atoms with Crippen molar-refractivity contribution >= 4 is 17.9 Å². The van der Waals surface area contributed by atoms with E-state index in [-0.39, 0.29) is 31.1 Å². The minimum atomic E-state index is -0.804. The molecule has 430 valence electrons. The predicted octanol–water partition coefficient (Wildman–Crippen LogP) is 21.7. The maximum Gasteiger partial charge on any atom is 0.306 e. The molecule has 0 heterocycles. The van der Waals surface area contributed by atoms with Crippen LogP contribution in [0.3, 0.4) is 0 Å². The fraction of sp³-hybridized carbons (Fsp3) is 0.725. The molecule has 0 spiro atoms. The Labute approximate surface area is 464 Å². The molecule has 0 bridgehead atoms. The molecule has 0 saturated carbocycles. The quantitative estimate of drug-likeness (QED) is 0.0261. The Balaban J connectivity index is 4.29. The van der Waals surface area contributed by atoms with Crippen LogP contribution in [0.2, 0.25) is 0 Å². The summed E-state index contributed by atoms with van der Waals surface area (Å²) in [5.74, 6) is -0.944. The summed E-state index contributed by atoms with van der Waals surface area (Å²) in [4.78, 5) is 38.2. The highest BCUT2D eigenvalue weighted by molar-refractivity contribution is 5.71. The predicted molar refractivity (Wildman–Crippen MR) is 325 cm³/mol. The molecule has 0 aromatic heterocycles. The summed E-state index contributed by atoms with van der Waals surface area (Å²) < 4.78 is 16.9. The van der Waals surface area contributed by atoms with Crippen LogP contribution in [0.5, 0.6) is 0 Å². The van der Waals surface area contributed by atoms with Crippen LogP contribution in [0.25, 0.3) is 0 Å². The largest absolute Gasteiger partial charge is 0.462 e. The standard InChI is InChI=1S/C69H118O6/c1-4-7-10-13-16-19-22-25-27-29-30-31-32-33-34-35-36-37-38-40-41-44-47-50-53-56-59-62-68(71)74-65-66(64-73-67(70)61-58-55-52-49-46-43-24-21-18-15-12-9-6-3)75-69(72)63-60-57-54-51-48-45-42-39-28-26-23-20-17-14-11-8-5-2/h8-9,11-12,17-18,20-21,26,28-30,42-43,45-46,66H,4-7,10,13-16,19,22-25,27,31-41,44,47-65H2,1-3H3/b11-8-,12-9-,20-17-,21-18-,28-26-,30-29-,45-42-,46-43-. The van der Waals surface area contributed by atoms with Crippen LogP contribution in [-0.2, 0) is 28.6 Å². The zero-order valence-corrected chi connectivity index (χ0v) is 49.3. The maximum absolute atomic E-state index is 12.9. The van der Waals surface area contributed by atoms with E-state index in [2.05, 4.69) is 118 Å². The third-order valence-electron chi connectivity index (χ3n) is 13.6. The van der Waals surface area contributed by atoms with Crippen LogP contribution in [0.15, 0.2) is 97.2 Å². The van der Waals surface area contributed by atoms with Gasteiger partial charge in [-0.25, -0.2) is 0 Å². The highest BCUT2D eigenvalue weighted by Crippen LogP contribution is 2.16. The number of hydrogen-bond donors (Lipinski definition) is 0. The summed E-state index contributed by atoms with van der Waals surface area (Å²) >= 11 is 0. The van der Waals surface area contributed by atoms with Gasteiger partial charge in [-0.1, -0.05) is 266 Å². The third kappa shape index (κ3) is 61.1. The van der Waals surface area contributed by atoms with Gasteiger partial charge in [-0.3, -0.25) is 14.4 Å². The summed E-state index contributed by atoms with van der Waals surface area (Å²) in [6.45, 7) is 6.39. The van der Waals surface area contributed by atoms with Crippen LogP contribution >= 0.6 is 0 Å². The average molecular weight is 1040 g/mol. The van der Waals surface area contributed by atoms with Gasteiger partial charge < -0.3 is 14.2 Å². The molecule has 0 rings (SSSR count). The first-order valence-electron chi connectivity index (χ1n) is 31.7. The Kier molecular flexibility index (Phi) is 59.8. The Morgan fingerprint density at radius 3 is 0.840 bits per heavy atom. The zero-order chi connectivity index (χ0) is 54.3. The summed E-state index contributed by atoms with van der Waals surface area (Å²) in [6, 6.07) is 0. The summed E-state index contributed by atoms with van der Waals surface area (Å²) in [6.07, 6.45) is 84.3. The summed E-state index contributed by atoms with van der Waals surface area (Å²) in [5.41, 5.74) is 0. The van der Waals surface area contributed by atoms with Gasteiger partial charge in [-0.05, 0) is 116 Å². The number of allylic oxidation sites excluding steroid dienone is 16. The van der Waals surface area contributed by atoms with E-state index in [0.717, 1.165) is 122 Å². The molecule has 0 aliphatic heterocycles. The van der Waals surface area contributed by atoms with Crippen LogP contribution < -0.4 is 0 Å². The third-order valence-corrected chi connectivity index (χ3v) is 13.6. The van der Waals surface area contributed by atoms with Crippen LogP contribution in [-0.4, -0.2) is 37.2 Å². The van der Waals surface area contributed by atoms with E-state index >= 15 is 0 Å². The first-order valence-corrected chi connectivity index (χ1v) is 31.7. The second-order valence-electron chi connectivity index (χ2n) is 20.9. The molecule has 0 aliphatic carbocycles. The lowest BCUT2D eigenvalue weighted by atomic mass is 10.0. The molecule has 75 heavy (non-hydrogen) atoms. The van der Waals surface area contributed by atoms with Gasteiger partial charge in [-0.2, -0.15) is 0 Å². The van der Waals surface area contributed by atoms with Crippen LogP contribution in [0, 0.1) is 0 Å². The number of rotatable bonds is 57. The van der Waals surface area contributed by atoms with Crippen molar-refractivity contribution in [3.05, 3.63) is 97.2 Å². The number of unbranched alkanes of at least 4 members (excludes halogenated alkanes) is 30. The molecule has 6 nitrogen and oxygen atoms in total. The van der Waals surface area contributed by atoms with Crippen molar-refractivity contribution in [2.75, 3.05) is 13.2 Å². The number of esters is 3. The molecule has 1 atom stereocenters. The van der Waals surface area contributed by atoms with Crippen molar-refractivity contribution < 1.29 is 28.6 Å². The van der Waals surface area contributed by atoms with Gasteiger partial charge in [0.15, 0.2) is 6.10 Å². The van der Waals surface area contributed by atoms with Crippen molar-refractivity contribution in [2.24, 2.45) is 0 Å². The molecule has 0 radical (unpaired) electrons. The van der Waals surface area contributed by atoms with E-state index < -0.39 is 6.10 Å². The number of carbonyl (C=O) groups is 3. The van der Waals surface area contributed by atoms with E-state index in [1.807, 2.05) is 0 Å². The van der Waals surface area contributed by atoms with Crippen molar-refractivity contribution in [1.82, 2.24) is 0 Å². The molecule has 0 saturated heterocycles. The van der Waals surface area contributed by atoms with Gasteiger partial charge in [-0.15, -0.1) is 0 Å². The molecule has 1 unspecified atom stereocenters. The SMILES string of the molecule is CC/C=C\C/C=C\C/C=C\C/C=C\CCCCCCC(=O)OC(COC(=O)CCCCC/C=C\C/C=C\C/C=C\CC)COC(=O)CCCCCCCCCCCCCCCCC/C=C\CCCCCCCCCC. The molecule has 0 aromatic carbocycles. The molecular formula is C69H118O6. The maximum atomic E-state index is 12.9. The Morgan fingerprint density at radius 1 is 0.280 bits per heavy atom. The number of hydrogen-bond acceptors (Lipinski definition) is 6. The molecule has 0 aliphatic rings. The molecule has 0 N–H and O–H groups in total. The first-order chi connectivity index (χ1) is 37.0. The van der Waals surface area contributed by atoms with E-state index in [9.17, 15) is 14.4 Å². The van der Waals surface area contributed by atoms with E-state index in [1.54, 1.807) is 0 Å². The molecular weight excluding hydrogens is 925 g/mol. The number of carbonyl (C=O) groups excluding carboxylic acids is 3. The van der Waals surface area contributed by atoms with E-state index in [0.29, 0.717) is 19.3 Å². The fourth-order valence-corrected chi connectivity index (χ4v) is 8.86. The monoisotopic (exact) mass is 1040 g/mol. The van der Waals surface area contributed by atoms with E-state index in [4.69, 9.17) is 14.2 Å². The highest BCUT2D eigenvalue weighted by atomic mass is 16.6. The van der Waals surface area contributed by atoms with Gasteiger partial charge in [0.25, 0.3) is 0 Å². The minimum absolute atomic E-state index is 0.0962. The summed E-state index contributed by atoms with van der Waals surface area (Å²) in [5, 5.41) is 0. The smallest absolute Gasteiger partial charge is 0.306 e. The van der Waals surface area contributed by atoms with Crippen LogP contribution in [0.4, 0.5) is 0 Å². The second-order valence-corrected chi connectivity index (χ2v) is 20.9. The van der Waals surface area contributed by atoms with Crippen LogP contribution in [0.1, 0.15) is 303 Å². The lowest BCUT2D eigenvalue weighted by molar-refractivity contribution is -0.167. The first kappa shape index (κ1) is 71.3. The fourth-order valence-electron chi connectivity index (χ4n) is 8.86. The molecule has 0 amide bonds.